The van der Waals surface area contributed by atoms with Gasteiger partial charge in [0.2, 0.25) is 0 Å². The number of nitrogens with zero attached hydrogens (tertiary/aromatic N) is 5. The van der Waals surface area contributed by atoms with Crippen molar-refractivity contribution in [3.05, 3.63) is 50.4 Å². The molecular formula is C19H23N5O2S. The molecule has 2 aromatic rings. The maximum Gasteiger partial charge on any atom is 0.293 e. The van der Waals surface area contributed by atoms with Crippen LogP contribution in [0.25, 0.3) is 0 Å². The van der Waals surface area contributed by atoms with Gasteiger partial charge in [-0.2, -0.15) is 16.9 Å². The van der Waals surface area contributed by atoms with Gasteiger partial charge in [-0.3, -0.25) is 9.59 Å². The second-order valence-electron chi connectivity index (χ2n) is 7.86. The van der Waals surface area contributed by atoms with Gasteiger partial charge in [0, 0.05) is 56.2 Å². The molecule has 3 aliphatic rings. The van der Waals surface area contributed by atoms with Crippen molar-refractivity contribution in [2.75, 3.05) is 23.7 Å². The van der Waals surface area contributed by atoms with Gasteiger partial charge in [0.1, 0.15) is 0 Å². The average Bonchev–Trinajstić information content (AvgIpc) is 3.44. The summed E-state index contributed by atoms with van der Waals surface area (Å²) in [5.41, 5.74) is 2.15. The fourth-order valence-electron chi connectivity index (χ4n) is 3.86. The van der Waals surface area contributed by atoms with Crippen LogP contribution in [0.3, 0.4) is 0 Å². The van der Waals surface area contributed by atoms with Gasteiger partial charge in [-0.25, -0.2) is 9.67 Å². The lowest BCUT2D eigenvalue weighted by Gasteiger charge is -2.39. The number of aryl methyl sites for hydroxylation is 1. The number of rotatable bonds is 5. The van der Waals surface area contributed by atoms with Crippen LogP contribution in [0.1, 0.15) is 24.1 Å². The Kier molecular flexibility index (Phi) is 4.30. The van der Waals surface area contributed by atoms with E-state index in [4.69, 9.17) is 0 Å². The molecule has 1 aliphatic carbocycles. The maximum atomic E-state index is 12.6. The Hall–Kier alpha value is -2.09. The lowest BCUT2D eigenvalue weighted by molar-refractivity contribution is 0.329. The van der Waals surface area contributed by atoms with Crippen LogP contribution < -0.4 is 16.0 Å². The van der Waals surface area contributed by atoms with Gasteiger partial charge in [0.15, 0.2) is 5.82 Å². The Balaban J connectivity index is 1.26. The number of fused-ring (bicyclic) bond motifs is 1. The fraction of sp³-hybridized carbons (Fsp3) is 0.579. The van der Waals surface area contributed by atoms with Crippen molar-refractivity contribution in [3.63, 3.8) is 0 Å². The van der Waals surface area contributed by atoms with E-state index in [1.165, 1.54) is 12.8 Å². The first kappa shape index (κ1) is 17.0. The molecule has 0 bridgehead atoms. The van der Waals surface area contributed by atoms with Crippen molar-refractivity contribution in [3.8, 4) is 0 Å². The number of hydrogen-bond donors (Lipinski definition) is 0. The van der Waals surface area contributed by atoms with E-state index in [9.17, 15) is 9.59 Å². The van der Waals surface area contributed by atoms with E-state index in [0.29, 0.717) is 24.2 Å². The molecule has 2 aromatic heterocycles. The second kappa shape index (κ2) is 6.82. The Morgan fingerprint density at radius 3 is 2.81 bits per heavy atom. The number of thioether (sulfide) groups is 1. The highest BCUT2D eigenvalue weighted by Gasteiger charge is 2.31. The standard InChI is InChI=1S/C19H23N5O2S/c25-17-7-15-12-27-6-3-16(15)21-24(17)11-14-9-23(10-14)18-19(26)22(5-4-20-18)8-13-1-2-13/h4-5,7,13-14H,1-3,6,8-12H2. The van der Waals surface area contributed by atoms with E-state index in [0.717, 1.165) is 48.8 Å². The molecule has 7 nitrogen and oxygen atoms in total. The zero-order chi connectivity index (χ0) is 18.4. The third-order valence-corrected chi connectivity index (χ3v) is 6.65. The molecular weight excluding hydrogens is 362 g/mol. The summed E-state index contributed by atoms with van der Waals surface area (Å²) in [6.45, 7) is 2.91. The third-order valence-electron chi connectivity index (χ3n) is 5.64. The predicted molar refractivity (Wildman–Crippen MR) is 105 cm³/mol. The first-order chi connectivity index (χ1) is 13.2. The van der Waals surface area contributed by atoms with Gasteiger partial charge in [0.05, 0.1) is 12.2 Å². The first-order valence-electron chi connectivity index (χ1n) is 9.65. The van der Waals surface area contributed by atoms with Crippen molar-refractivity contribution in [1.82, 2.24) is 19.3 Å². The molecule has 0 radical (unpaired) electrons. The highest BCUT2D eigenvalue weighted by Crippen LogP contribution is 2.30. The van der Waals surface area contributed by atoms with Crippen LogP contribution in [-0.4, -0.2) is 38.2 Å². The normalized spacial score (nSPS) is 19.6. The summed E-state index contributed by atoms with van der Waals surface area (Å²) in [5.74, 6) is 3.48. The van der Waals surface area contributed by atoms with Crippen molar-refractivity contribution < 1.29 is 0 Å². The first-order valence-corrected chi connectivity index (χ1v) is 10.8. The third kappa shape index (κ3) is 3.42. The summed E-state index contributed by atoms with van der Waals surface area (Å²) >= 11 is 1.86. The minimum absolute atomic E-state index is 0.00410. The van der Waals surface area contributed by atoms with Crippen molar-refractivity contribution in [2.45, 2.75) is 38.1 Å². The number of aromatic nitrogens is 4. The van der Waals surface area contributed by atoms with Crippen LogP contribution >= 0.6 is 11.8 Å². The van der Waals surface area contributed by atoms with Gasteiger partial charge < -0.3 is 9.47 Å². The van der Waals surface area contributed by atoms with E-state index < -0.39 is 0 Å². The molecule has 1 saturated carbocycles. The molecule has 27 heavy (non-hydrogen) atoms. The van der Waals surface area contributed by atoms with Crippen LogP contribution in [0.4, 0.5) is 5.82 Å². The lowest BCUT2D eigenvalue weighted by atomic mass is 10.0. The summed E-state index contributed by atoms with van der Waals surface area (Å²) in [6, 6.07) is 1.75. The quantitative estimate of drug-likeness (QED) is 0.768. The fourth-order valence-corrected chi connectivity index (χ4v) is 4.81. The molecule has 8 heteroatoms. The average molecular weight is 385 g/mol. The monoisotopic (exact) mass is 385 g/mol. The Morgan fingerprint density at radius 2 is 2.00 bits per heavy atom. The smallest absolute Gasteiger partial charge is 0.293 e. The lowest BCUT2D eigenvalue weighted by Crippen LogP contribution is -2.52. The zero-order valence-corrected chi connectivity index (χ0v) is 16.0. The van der Waals surface area contributed by atoms with E-state index >= 15 is 0 Å². The summed E-state index contributed by atoms with van der Waals surface area (Å²) in [7, 11) is 0. The van der Waals surface area contributed by atoms with E-state index in [2.05, 4.69) is 10.1 Å². The van der Waals surface area contributed by atoms with Crippen LogP contribution in [-0.2, 0) is 25.3 Å². The minimum Gasteiger partial charge on any atom is -0.351 e. The van der Waals surface area contributed by atoms with Gasteiger partial charge in [0.25, 0.3) is 11.1 Å². The number of anilines is 1. The summed E-state index contributed by atoms with van der Waals surface area (Å²) < 4.78 is 3.40. The Labute approximate surface area is 161 Å². The summed E-state index contributed by atoms with van der Waals surface area (Å²) in [6.07, 6.45) is 6.88. The molecule has 0 atom stereocenters. The summed E-state index contributed by atoms with van der Waals surface area (Å²) in [5, 5.41) is 4.59. The van der Waals surface area contributed by atoms with Crippen LogP contribution in [0.15, 0.2) is 28.0 Å². The molecule has 5 rings (SSSR count). The highest BCUT2D eigenvalue weighted by molar-refractivity contribution is 7.98. The van der Waals surface area contributed by atoms with Gasteiger partial charge in [-0.05, 0) is 30.1 Å². The van der Waals surface area contributed by atoms with Crippen LogP contribution in [0, 0.1) is 11.8 Å². The SMILES string of the molecule is O=c1c(N2CC(Cn3nc4c(cc3=O)CSCC4)C2)nccn1CC1CC1. The molecule has 2 aliphatic heterocycles. The molecule has 1 saturated heterocycles. The Bertz CT molecular complexity index is 975. The van der Waals surface area contributed by atoms with E-state index in [-0.39, 0.29) is 11.1 Å². The van der Waals surface area contributed by atoms with Crippen LogP contribution in [0.5, 0.6) is 0 Å². The molecule has 0 spiro atoms. The molecule has 0 aromatic carbocycles. The van der Waals surface area contributed by atoms with E-state index in [1.54, 1.807) is 27.7 Å². The highest BCUT2D eigenvalue weighted by atomic mass is 32.2. The minimum atomic E-state index is -0.0145. The molecule has 0 amide bonds. The van der Waals surface area contributed by atoms with Gasteiger partial charge in [-0.1, -0.05) is 0 Å². The van der Waals surface area contributed by atoms with Crippen LogP contribution in [0.2, 0.25) is 0 Å². The molecule has 2 fully saturated rings. The van der Waals surface area contributed by atoms with E-state index in [1.807, 2.05) is 16.7 Å². The molecule has 142 valence electrons. The molecule has 0 N–H and O–H groups in total. The predicted octanol–water partition coefficient (Wildman–Crippen LogP) is 1.14. The Morgan fingerprint density at radius 1 is 1.15 bits per heavy atom. The second-order valence-corrected chi connectivity index (χ2v) is 8.97. The topological polar surface area (TPSA) is 73.0 Å². The van der Waals surface area contributed by atoms with Gasteiger partial charge in [-0.15, -0.1) is 0 Å². The van der Waals surface area contributed by atoms with Crippen molar-refractivity contribution >= 4 is 17.6 Å². The molecule has 4 heterocycles. The molecule has 0 unspecified atom stereocenters. The summed E-state index contributed by atoms with van der Waals surface area (Å²) in [4.78, 5) is 31.3. The largest absolute Gasteiger partial charge is 0.351 e. The van der Waals surface area contributed by atoms with Crippen molar-refractivity contribution in [1.29, 1.82) is 0 Å². The zero-order valence-electron chi connectivity index (χ0n) is 15.2. The van der Waals surface area contributed by atoms with Gasteiger partial charge >= 0.3 is 0 Å². The number of hydrogen-bond acceptors (Lipinski definition) is 6. The maximum absolute atomic E-state index is 12.6. The van der Waals surface area contributed by atoms with Crippen molar-refractivity contribution in [2.24, 2.45) is 11.8 Å².